The van der Waals surface area contributed by atoms with Crippen LogP contribution in [0.25, 0.3) is 0 Å². The monoisotopic (exact) mass is 451 g/mol. The summed E-state index contributed by atoms with van der Waals surface area (Å²) in [5, 5.41) is 5.57. The number of thiol groups is 1. The van der Waals surface area contributed by atoms with Gasteiger partial charge in [0.1, 0.15) is 17.7 Å². The van der Waals surface area contributed by atoms with Crippen LogP contribution in [0, 0.1) is 6.92 Å². The van der Waals surface area contributed by atoms with Gasteiger partial charge >= 0.3 is 6.09 Å². The first kappa shape index (κ1) is 26.8. The third-order valence-corrected chi connectivity index (χ3v) is 5.11. The maximum absolute atomic E-state index is 13.2. The van der Waals surface area contributed by atoms with Crippen molar-refractivity contribution in [1.82, 2.24) is 15.5 Å². The molecule has 0 saturated heterocycles. The molecule has 0 heterocycles. The van der Waals surface area contributed by atoms with E-state index < -0.39 is 29.7 Å². The second-order valence-corrected chi connectivity index (χ2v) is 9.15. The number of hydrogen-bond donors (Lipinski definition) is 3. The topological polar surface area (TPSA) is 87.7 Å². The summed E-state index contributed by atoms with van der Waals surface area (Å²) in [7, 11) is 1.57. The van der Waals surface area contributed by atoms with Gasteiger partial charge in [-0.3, -0.25) is 9.59 Å². The molecule has 0 fully saturated rings. The summed E-state index contributed by atoms with van der Waals surface area (Å²) in [6, 6.07) is 5.67. The normalized spacial score (nSPS) is 14.2. The van der Waals surface area contributed by atoms with Gasteiger partial charge in [-0.1, -0.05) is 37.6 Å². The van der Waals surface area contributed by atoms with E-state index in [9.17, 15) is 14.4 Å². The smallest absolute Gasteiger partial charge is 0.408 e. The summed E-state index contributed by atoms with van der Waals surface area (Å²) in [5.74, 6) is -0.620. The Kier molecular flexibility index (Phi) is 10.4. The Labute approximate surface area is 191 Å². The van der Waals surface area contributed by atoms with Gasteiger partial charge in [0.25, 0.3) is 0 Å². The van der Waals surface area contributed by atoms with E-state index in [1.807, 2.05) is 38.1 Å². The number of benzene rings is 1. The first-order valence-corrected chi connectivity index (χ1v) is 11.3. The first-order chi connectivity index (χ1) is 14.4. The molecule has 31 heavy (non-hydrogen) atoms. The molecule has 0 saturated carbocycles. The lowest BCUT2D eigenvalue weighted by Gasteiger charge is -2.32. The van der Waals surface area contributed by atoms with Crippen molar-refractivity contribution in [3.63, 3.8) is 0 Å². The van der Waals surface area contributed by atoms with E-state index in [1.54, 1.807) is 27.8 Å². The van der Waals surface area contributed by atoms with Gasteiger partial charge in [0.15, 0.2) is 0 Å². The van der Waals surface area contributed by atoms with Crippen LogP contribution in [0.2, 0.25) is 0 Å². The fourth-order valence-electron chi connectivity index (χ4n) is 3.25. The zero-order chi connectivity index (χ0) is 23.8. The van der Waals surface area contributed by atoms with E-state index in [2.05, 4.69) is 30.2 Å². The van der Waals surface area contributed by atoms with E-state index >= 15 is 0 Å². The minimum absolute atomic E-state index is 0.0203. The molecule has 0 aliphatic rings. The van der Waals surface area contributed by atoms with E-state index in [4.69, 9.17) is 4.74 Å². The number of rotatable bonds is 9. The van der Waals surface area contributed by atoms with E-state index in [0.29, 0.717) is 0 Å². The molecule has 1 aromatic rings. The second kappa shape index (κ2) is 12.0. The molecule has 1 rings (SSSR count). The standard InChI is InChI=1S/C23H37N3O4S/c1-8-11-16(3)24-20(27)19(17-13-10-9-12-15(17)2)26(7)21(28)18(14-31)25-22(29)30-23(4,5)6/h9-10,12-13,16,18-19,31H,8,11,14H2,1-7H3,(H,24,27)(H,25,29). The van der Waals surface area contributed by atoms with Crippen molar-refractivity contribution in [3.05, 3.63) is 35.4 Å². The van der Waals surface area contributed by atoms with Crippen molar-refractivity contribution in [3.8, 4) is 0 Å². The number of alkyl carbamates (subject to hydrolysis) is 1. The number of ether oxygens (including phenoxy) is 1. The van der Waals surface area contributed by atoms with Crippen LogP contribution in [0.15, 0.2) is 24.3 Å². The average Bonchev–Trinajstić information content (AvgIpc) is 2.65. The van der Waals surface area contributed by atoms with E-state index in [0.717, 1.165) is 24.0 Å². The summed E-state index contributed by atoms with van der Waals surface area (Å²) in [5.41, 5.74) is 0.932. The Hall–Kier alpha value is -2.22. The van der Waals surface area contributed by atoms with Gasteiger partial charge in [0.2, 0.25) is 11.8 Å². The maximum atomic E-state index is 13.2. The van der Waals surface area contributed by atoms with Crippen LogP contribution in [0.4, 0.5) is 4.79 Å². The van der Waals surface area contributed by atoms with Gasteiger partial charge in [-0.2, -0.15) is 12.6 Å². The molecule has 0 bridgehead atoms. The Morgan fingerprint density at radius 3 is 2.29 bits per heavy atom. The molecular formula is C23H37N3O4S. The van der Waals surface area contributed by atoms with Crippen molar-refractivity contribution >= 4 is 30.5 Å². The Morgan fingerprint density at radius 2 is 1.77 bits per heavy atom. The fraction of sp³-hybridized carbons (Fsp3) is 0.609. The van der Waals surface area contributed by atoms with Gasteiger partial charge in [0, 0.05) is 18.8 Å². The predicted octanol–water partition coefficient (Wildman–Crippen LogP) is 3.62. The van der Waals surface area contributed by atoms with Crippen LogP contribution < -0.4 is 10.6 Å². The summed E-state index contributed by atoms with van der Waals surface area (Å²) >= 11 is 4.23. The highest BCUT2D eigenvalue weighted by molar-refractivity contribution is 7.80. The van der Waals surface area contributed by atoms with Crippen molar-refractivity contribution in [2.24, 2.45) is 0 Å². The van der Waals surface area contributed by atoms with Gasteiger partial charge in [-0.15, -0.1) is 0 Å². The Morgan fingerprint density at radius 1 is 1.16 bits per heavy atom. The second-order valence-electron chi connectivity index (χ2n) is 8.79. The summed E-state index contributed by atoms with van der Waals surface area (Å²) in [6.45, 7) is 11.1. The van der Waals surface area contributed by atoms with E-state index in [1.165, 1.54) is 4.90 Å². The van der Waals surface area contributed by atoms with Gasteiger partial charge in [-0.05, 0) is 52.2 Å². The summed E-state index contributed by atoms with van der Waals surface area (Å²) < 4.78 is 5.26. The Bertz CT molecular complexity index is 763. The lowest BCUT2D eigenvalue weighted by molar-refractivity contribution is -0.140. The number of nitrogens with one attached hydrogen (secondary N) is 2. The van der Waals surface area contributed by atoms with Crippen LogP contribution in [0.1, 0.15) is 64.6 Å². The molecule has 3 unspecified atom stereocenters. The summed E-state index contributed by atoms with van der Waals surface area (Å²) in [6.07, 6.45) is 1.07. The van der Waals surface area contributed by atoms with Crippen LogP contribution in [-0.2, 0) is 14.3 Å². The lowest BCUT2D eigenvalue weighted by atomic mass is 9.98. The molecule has 0 radical (unpaired) electrons. The molecule has 0 spiro atoms. The lowest BCUT2D eigenvalue weighted by Crippen LogP contribution is -2.53. The van der Waals surface area contributed by atoms with Gasteiger partial charge in [-0.25, -0.2) is 4.79 Å². The molecular weight excluding hydrogens is 414 g/mol. The number of likely N-dealkylation sites (N-methyl/N-ethyl adjacent to an activating group) is 1. The molecule has 2 N–H and O–H groups in total. The zero-order valence-electron chi connectivity index (χ0n) is 19.7. The number of nitrogens with zero attached hydrogens (tertiary/aromatic N) is 1. The van der Waals surface area contributed by atoms with Crippen molar-refractivity contribution < 1.29 is 19.1 Å². The predicted molar refractivity (Wildman–Crippen MR) is 126 cm³/mol. The number of amides is 3. The molecule has 174 valence electrons. The largest absolute Gasteiger partial charge is 0.444 e. The molecule has 0 aromatic heterocycles. The van der Waals surface area contributed by atoms with Crippen LogP contribution in [0.3, 0.4) is 0 Å². The van der Waals surface area contributed by atoms with Crippen LogP contribution in [-0.4, -0.2) is 53.3 Å². The zero-order valence-corrected chi connectivity index (χ0v) is 20.6. The Balaban J connectivity index is 3.16. The average molecular weight is 452 g/mol. The molecule has 7 nitrogen and oxygen atoms in total. The maximum Gasteiger partial charge on any atom is 0.408 e. The quantitative estimate of drug-likeness (QED) is 0.501. The van der Waals surface area contributed by atoms with Crippen LogP contribution >= 0.6 is 12.6 Å². The third-order valence-electron chi connectivity index (χ3n) is 4.75. The molecule has 0 aliphatic heterocycles. The van der Waals surface area contributed by atoms with E-state index in [-0.39, 0.29) is 17.7 Å². The number of carbonyl (C=O) groups excluding carboxylic acids is 3. The van der Waals surface area contributed by atoms with Crippen molar-refractivity contribution in [2.45, 2.75) is 78.1 Å². The highest BCUT2D eigenvalue weighted by Gasteiger charge is 2.34. The van der Waals surface area contributed by atoms with Gasteiger partial charge in [0.05, 0.1) is 0 Å². The van der Waals surface area contributed by atoms with Crippen LogP contribution in [0.5, 0.6) is 0 Å². The fourth-order valence-corrected chi connectivity index (χ4v) is 3.50. The molecule has 0 aliphatic carbocycles. The third kappa shape index (κ3) is 8.44. The highest BCUT2D eigenvalue weighted by atomic mass is 32.1. The molecule has 3 atom stereocenters. The number of hydrogen-bond acceptors (Lipinski definition) is 5. The SMILES string of the molecule is CCCC(C)NC(=O)C(c1ccccc1C)N(C)C(=O)C(CS)NC(=O)OC(C)(C)C. The summed E-state index contributed by atoms with van der Waals surface area (Å²) in [4.78, 5) is 40.0. The van der Waals surface area contributed by atoms with Crippen molar-refractivity contribution in [2.75, 3.05) is 12.8 Å². The first-order valence-electron chi connectivity index (χ1n) is 10.6. The molecule has 3 amide bonds. The molecule has 1 aromatic carbocycles. The molecule has 8 heteroatoms. The number of carbonyl (C=O) groups is 3. The van der Waals surface area contributed by atoms with Crippen molar-refractivity contribution in [1.29, 1.82) is 0 Å². The highest BCUT2D eigenvalue weighted by Crippen LogP contribution is 2.24. The minimum Gasteiger partial charge on any atom is -0.444 e. The minimum atomic E-state index is -0.935. The number of aryl methyl sites for hydroxylation is 1. The van der Waals surface area contributed by atoms with Gasteiger partial charge < -0.3 is 20.3 Å².